The number of allylic oxidation sites excluding steroid dienone is 1. The summed E-state index contributed by atoms with van der Waals surface area (Å²) in [5, 5.41) is 21.5. The Balaban J connectivity index is 1.77. The van der Waals surface area contributed by atoms with Crippen molar-refractivity contribution >= 4 is 17.7 Å². The third kappa shape index (κ3) is 3.07. The maximum atomic E-state index is 13.1. The lowest BCUT2D eigenvalue weighted by Gasteiger charge is -2.36. The third-order valence-corrected chi connectivity index (χ3v) is 6.34. The smallest absolute Gasteiger partial charge is 0.231 e. The fraction of sp³-hybridized carbons (Fsp3) is 0.333. The van der Waals surface area contributed by atoms with Crippen LogP contribution in [-0.2, 0) is 10.5 Å². The lowest BCUT2D eigenvalue weighted by Crippen LogP contribution is -2.48. The topological polar surface area (TPSA) is 95.9 Å². The monoisotopic (exact) mass is 412 g/mol. The first-order valence-corrected chi connectivity index (χ1v) is 10.2. The van der Waals surface area contributed by atoms with E-state index < -0.39 is 11.6 Å². The Morgan fingerprint density at radius 2 is 2.24 bits per heavy atom. The van der Waals surface area contributed by atoms with Gasteiger partial charge in [-0.2, -0.15) is 5.26 Å². The fourth-order valence-electron chi connectivity index (χ4n) is 3.77. The Morgan fingerprint density at radius 1 is 1.41 bits per heavy atom. The summed E-state index contributed by atoms with van der Waals surface area (Å²) >= 11 is 1.28. The van der Waals surface area contributed by atoms with Crippen molar-refractivity contribution in [3.63, 3.8) is 0 Å². The molecule has 29 heavy (non-hydrogen) atoms. The number of nitrogens with zero attached hydrogens (tertiary/aromatic N) is 2. The van der Waals surface area contributed by atoms with E-state index in [1.807, 2.05) is 13.0 Å². The van der Waals surface area contributed by atoms with Crippen molar-refractivity contribution in [2.75, 3.05) is 19.5 Å². The molecule has 7 nitrogen and oxygen atoms in total. The van der Waals surface area contributed by atoms with E-state index in [0.717, 1.165) is 5.56 Å². The van der Waals surface area contributed by atoms with Gasteiger partial charge in [0.25, 0.3) is 0 Å². The Hall–Kier alpha value is -2.89. The van der Waals surface area contributed by atoms with Crippen LogP contribution in [0.4, 0.5) is 0 Å². The molecule has 1 amide bonds. The van der Waals surface area contributed by atoms with Crippen LogP contribution < -0.4 is 9.47 Å². The number of benzene rings is 1. The molecule has 1 N–H and O–H groups in total. The molecule has 1 aromatic carbocycles. The van der Waals surface area contributed by atoms with Crippen molar-refractivity contribution in [1.29, 1.82) is 5.26 Å². The van der Waals surface area contributed by atoms with E-state index >= 15 is 0 Å². The summed E-state index contributed by atoms with van der Waals surface area (Å²) in [4.78, 5) is 14.4. The van der Waals surface area contributed by atoms with Crippen LogP contribution in [0.25, 0.3) is 0 Å². The molecule has 150 valence electrons. The van der Waals surface area contributed by atoms with Crippen molar-refractivity contribution in [2.24, 2.45) is 0 Å². The van der Waals surface area contributed by atoms with E-state index in [1.165, 1.54) is 22.9 Å². The highest BCUT2D eigenvalue weighted by Gasteiger charge is 2.53. The molecule has 0 saturated carbocycles. The summed E-state index contributed by atoms with van der Waals surface area (Å²) < 4.78 is 16.3. The van der Waals surface area contributed by atoms with Crippen LogP contribution >= 0.6 is 11.8 Å². The van der Waals surface area contributed by atoms with Crippen molar-refractivity contribution < 1.29 is 23.8 Å². The van der Waals surface area contributed by atoms with Gasteiger partial charge >= 0.3 is 0 Å². The first kappa shape index (κ1) is 19.4. The van der Waals surface area contributed by atoms with Crippen LogP contribution in [0.2, 0.25) is 0 Å². The predicted octanol–water partition coefficient (Wildman–Crippen LogP) is 3.33. The van der Waals surface area contributed by atoms with Crippen LogP contribution in [0.3, 0.4) is 0 Å². The van der Waals surface area contributed by atoms with Crippen molar-refractivity contribution in [1.82, 2.24) is 4.90 Å². The highest BCUT2D eigenvalue weighted by atomic mass is 32.2. The minimum absolute atomic E-state index is 0.0626. The third-order valence-electron chi connectivity index (χ3n) is 5.12. The molecule has 1 saturated heterocycles. The summed E-state index contributed by atoms with van der Waals surface area (Å²) in [6.45, 7) is 2.39. The summed E-state index contributed by atoms with van der Waals surface area (Å²) in [5.41, 5.74) is -0.357. The number of rotatable bonds is 5. The summed E-state index contributed by atoms with van der Waals surface area (Å²) in [7, 11) is 1.55. The summed E-state index contributed by atoms with van der Waals surface area (Å²) in [6.07, 6.45) is 1.52. The number of amides is 1. The highest BCUT2D eigenvalue weighted by molar-refractivity contribution is 8.03. The lowest BCUT2D eigenvalue weighted by atomic mass is 9.85. The Bertz CT molecular complexity index is 1010. The quantitative estimate of drug-likeness (QED) is 0.805. The van der Waals surface area contributed by atoms with Gasteiger partial charge in [-0.05, 0) is 36.8 Å². The molecule has 0 bridgehead atoms. The van der Waals surface area contributed by atoms with E-state index in [1.54, 1.807) is 31.4 Å². The van der Waals surface area contributed by atoms with Gasteiger partial charge in [-0.3, -0.25) is 9.69 Å². The number of furan rings is 1. The minimum atomic E-state index is -1.59. The Labute approximate surface area is 172 Å². The van der Waals surface area contributed by atoms with Crippen molar-refractivity contribution in [3.05, 3.63) is 58.5 Å². The van der Waals surface area contributed by atoms with E-state index in [-0.39, 0.29) is 23.8 Å². The second-order valence-corrected chi connectivity index (χ2v) is 7.71. The predicted molar refractivity (Wildman–Crippen MR) is 106 cm³/mol. The largest absolute Gasteiger partial charge is 0.493 e. The van der Waals surface area contributed by atoms with E-state index in [4.69, 9.17) is 13.9 Å². The van der Waals surface area contributed by atoms with Gasteiger partial charge in [0.1, 0.15) is 0 Å². The van der Waals surface area contributed by atoms with Crippen LogP contribution in [0.5, 0.6) is 11.5 Å². The maximum absolute atomic E-state index is 13.1. The zero-order chi connectivity index (χ0) is 20.6. The van der Waals surface area contributed by atoms with Crippen LogP contribution in [0.15, 0.2) is 51.6 Å². The molecule has 0 spiro atoms. The van der Waals surface area contributed by atoms with Gasteiger partial charge in [0, 0.05) is 12.3 Å². The Kier molecular flexibility index (Phi) is 5.03. The van der Waals surface area contributed by atoms with Gasteiger partial charge in [-0.15, -0.1) is 11.8 Å². The molecule has 2 aliphatic heterocycles. The molecule has 0 aliphatic carbocycles. The highest BCUT2D eigenvalue weighted by Crippen LogP contribution is 2.52. The number of methoxy groups -OCH3 is 1. The molecule has 2 aliphatic rings. The standard InChI is InChI=1S/C21H20N2O5S/c1-3-27-16-7-6-13(9-17(16)26-2)14-10-19(24)23-20(15(14)11-22)29-12-21(23,25)18-5-4-8-28-18/h4-9,14,25H,3,10,12H2,1-2H3/t14-,21+/m0/s1. The zero-order valence-electron chi connectivity index (χ0n) is 16.0. The zero-order valence-corrected chi connectivity index (χ0v) is 16.9. The number of fused-ring (bicyclic) bond motifs is 1. The molecule has 1 fully saturated rings. The number of aliphatic hydroxyl groups is 1. The van der Waals surface area contributed by atoms with Crippen LogP contribution in [0.1, 0.15) is 30.6 Å². The van der Waals surface area contributed by atoms with E-state index in [9.17, 15) is 15.2 Å². The van der Waals surface area contributed by atoms with Crippen LogP contribution in [-0.4, -0.2) is 35.4 Å². The van der Waals surface area contributed by atoms with Gasteiger partial charge in [0.05, 0.1) is 42.4 Å². The van der Waals surface area contributed by atoms with Gasteiger partial charge < -0.3 is 19.0 Å². The average Bonchev–Trinajstić information content (AvgIpc) is 3.38. The lowest BCUT2D eigenvalue weighted by molar-refractivity contribution is -0.152. The van der Waals surface area contributed by atoms with E-state index in [2.05, 4.69) is 6.07 Å². The fourth-order valence-corrected chi connectivity index (χ4v) is 5.11. The van der Waals surface area contributed by atoms with Gasteiger partial charge in [0.15, 0.2) is 17.3 Å². The van der Waals surface area contributed by atoms with Crippen molar-refractivity contribution in [3.8, 4) is 17.6 Å². The maximum Gasteiger partial charge on any atom is 0.231 e. The molecule has 4 rings (SSSR count). The number of carbonyl (C=O) groups excluding carboxylic acids is 1. The van der Waals surface area contributed by atoms with Gasteiger partial charge in [0.2, 0.25) is 11.6 Å². The average molecular weight is 412 g/mol. The first-order valence-electron chi connectivity index (χ1n) is 9.20. The number of nitriles is 1. The molecule has 3 heterocycles. The second kappa shape index (κ2) is 7.50. The molecule has 0 unspecified atom stereocenters. The molecule has 0 radical (unpaired) electrons. The molecule has 2 aromatic rings. The van der Waals surface area contributed by atoms with Crippen LogP contribution in [0, 0.1) is 11.3 Å². The number of hydrogen-bond acceptors (Lipinski definition) is 7. The molecular weight excluding hydrogens is 392 g/mol. The summed E-state index contributed by atoms with van der Waals surface area (Å²) in [6, 6.07) is 11.0. The second-order valence-electron chi connectivity index (χ2n) is 6.74. The number of hydrogen-bond donors (Lipinski definition) is 1. The normalized spacial score (nSPS) is 23.7. The number of thioether (sulfide) groups is 1. The SMILES string of the molecule is CCOc1ccc([C@@H]2CC(=O)N3C(=C2C#N)SC[C@@]3(O)c2ccco2)cc1OC. The van der Waals surface area contributed by atoms with Crippen molar-refractivity contribution in [2.45, 2.75) is 25.0 Å². The first-order chi connectivity index (χ1) is 14.0. The molecule has 2 atom stereocenters. The molecular formula is C21H20N2O5S. The summed E-state index contributed by atoms with van der Waals surface area (Å²) in [5.74, 6) is 0.956. The molecule has 1 aromatic heterocycles. The molecule has 8 heteroatoms. The number of ether oxygens (including phenoxy) is 2. The Morgan fingerprint density at radius 3 is 2.90 bits per heavy atom. The number of carbonyl (C=O) groups is 1. The van der Waals surface area contributed by atoms with Gasteiger partial charge in [-0.1, -0.05) is 6.07 Å². The van der Waals surface area contributed by atoms with E-state index in [0.29, 0.717) is 28.7 Å². The minimum Gasteiger partial charge on any atom is -0.493 e. The van der Waals surface area contributed by atoms with Gasteiger partial charge in [-0.25, -0.2) is 0 Å².